The molecule has 0 aromatic heterocycles. The van der Waals surface area contributed by atoms with E-state index in [0.29, 0.717) is 17.7 Å². The summed E-state index contributed by atoms with van der Waals surface area (Å²) in [5.74, 6) is -0.619. The van der Waals surface area contributed by atoms with Gasteiger partial charge in [0.05, 0.1) is 23.6 Å². The monoisotopic (exact) mass is 490 g/mol. The molecule has 0 radical (unpaired) electrons. The molecule has 0 atom stereocenters. The minimum atomic E-state index is -3.99. The number of anilines is 1. The van der Waals surface area contributed by atoms with Crippen molar-refractivity contribution in [3.8, 4) is 5.75 Å². The van der Waals surface area contributed by atoms with E-state index in [9.17, 15) is 17.6 Å². The van der Waals surface area contributed by atoms with Gasteiger partial charge in [-0.25, -0.2) is 12.8 Å². The summed E-state index contributed by atoms with van der Waals surface area (Å²) >= 11 is 5.77. The first-order valence-electron chi connectivity index (χ1n) is 10.1. The maximum atomic E-state index is 13.4. The first-order valence-corrected chi connectivity index (χ1v) is 12.0. The summed E-state index contributed by atoms with van der Waals surface area (Å²) in [6, 6.07) is 17.7. The molecule has 0 aliphatic rings. The fourth-order valence-electron chi connectivity index (χ4n) is 3.28. The zero-order valence-electron chi connectivity index (χ0n) is 18.2. The number of carbonyl (C=O) groups is 1. The Morgan fingerprint density at radius 1 is 1.09 bits per heavy atom. The van der Waals surface area contributed by atoms with Crippen LogP contribution in [0.3, 0.4) is 0 Å². The van der Waals surface area contributed by atoms with Crippen molar-refractivity contribution in [3.63, 3.8) is 0 Å². The molecule has 0 fully saturated rings. The Morgan fingerprint density at radius 2 is 1.82 bits per heavy atom. The summed E-state index contributed by atoms with van der Waals surface area (Å²) in [6.45, 7) is 1.42. The third-order valence-electron chi connectivity index (χ3n) is 5.02. The molecule has 0 bridgehead atoms. The van der Waals surface area contributed by atoms with Gasteiger partial charge in [0.1, 0.15) is 11.6 Å². The first kappa shape index (κ1) is 24.7. The molecule has 0 saturated heterocycles. The van der Waals surface area contributed by atoms with E-state index in [0.717, 1.165) is 15.9 Å². The summed E-state index contributed by atoms with van der Waals surface area (Å²) in [5, 5.41) is 2.43. The third kappa shape index (κ3) is 6.31. The van der Waals surface area contributed by atoms with E-state index in [2.05, 4.69) is 5.32 Å². The van der Waals surface area contributed by atoms with Crippen LogP contribution in [0, 0.1) is 12.7 Å². The summed E-state index contributed by atoms with van der Waals surface area (Å²) in [4.78, 5) is 12.8. The second kappa shape index (κ2) is 10.8. The standard InChI is InChI=1S/C24H24ClFN2O4S/c1-17-14-20(9-11-23(17)32-2)33(30,31)28(13-12-18-6-4-3-5-7-18)16-24(29)27-19-8-10-22(26)21(25)15-19/h3-11,14-15H,12-13,16H2,1-2H3,(H,27,29). The van der Waals surface area contributed by atoms with Gasteiger partial charge in [-0.3, -0.25) is 4.79 Å². The van der Waals surface area contributed by atoms with Gasteiger partial charge in [0.15, 0.2) is 0 Å². The highest BCUT2D eigenvalue weighted by atomic mass is 35.5. The van der Waals surface area contributed by atoms with Crippen LogP contribution in [0.1, 0.15) is 11.1 Å². The Labute approximate surface area is 198 Å². The maximum absolute atomic E-state index is 13.4. The Hall–Kier alpha value is -2.94. The van der Waals surface area contributed by atoms with Crippen molar-refractivity contribution in [2.75, 3.05) is 25.5 Å². The summed E-state index contributed by atoms with van der Waals surface area (Å²) < 4.78 is 46.6. The molecule has 3 aromatic carbocycles. The first-order chi connectivity index (χ1) is 15.7. The van der Waals surface area contributed by atoms with E-state index in [1.54, 1.807) is 13.0 Å². The van der Waals surface area contributed by atoms with Crippen LogP contribution in [-0.4, -0.2) is 38.8 Å². The molecular weight excluding hydrogens is 467 g/mol. The van der Waals surface area contributed by atoms with Crippen molar-refractivity contribution in [1.82, 2.24) is 4.31 Å². The van der Waals surface area contributed by atoms with E-state index in [-0.39, 0.29) is 22.2 Å². The number of aryl methyl sites for hydroxylation is 1. The van der Waals surface area contributed by atoms with Crippen molar-refractivity contribution in [3.05, 3.63) is 88.7 Å². The normalized spacial score (nSPS) is 11.4. The van der Waals surface area contributed by atoms with Crippen LogP contribution in [0.25, 0.3) is 0 Å². The van der Waals surface area contributed by atoms with E-state index >= 15 is 0 Å². The summed E-state index contributed by atoms with van der Waals surface area (Å²) in [5.41, 5.74) is 1.87. The van der Waals surface area contributed by atoms with Crippen LogP contribution in [0.5, 0.6) is 5.75 Å². The van der Waals surface area contributed by atoms with Gasteiger partial charge in [-0.2, -0.15) is 4.31 Å². The molecular formula is C24H24ClFN2O4S. The Bertz CT molecular complexity index is 1240. The predicted octanol–water partition coefficient (Wildman–Crippen LogP) is 4.67. The number of hydrogen-bond donors (Lipinski definition) is 1. The Balaban J connectivity index is 1.85. The maximum Gasteiger partial charge on any atom is 0.243 e. The van der Waals surface area contributed by atoms with Crippen molar-refractivity contribution in [2.45, 2.75) is 18.2 Å². The highest BCUT2D eigenvalue weighted by molar-refractivity contribution is 7.89. The minimum absolute atomic E-state index is 0.0616. The number of methoxy groups -OCH3 is 1. The van der Waals surface area contributed by atoms with Crippen LogP contribution < -0.4 is 10.1 Å². The van der Waals surface area contributed by atoms with Crippen LogP contribution >= 0.6 is 11.6 Å². The van der Waals surface area contributed by atoms with Crippen molar-refractivity contribution < 1.29 is 22.3 Å². The molecule has 6 nitrogen and oxygen atoms in total. The van der Waals surface area contributed by atoms with Crippen molar-refractivity contribution in [2.24, 2.45) is 0 Å². The zero-order valence-corrected chi connectivity index (χ0v) is 19.8. The van der Waals surface area contributed by atoms with Crippen LogP contribution in [-0.2, 0) is 21.2 Å². The SMILES string of the molecule is COc1ccc(S(=O)(=O)N(CCc2ccccc2)CC(=O)Nc2ccc(F)c(Cl)c2)cc1C. The Kier molecular flexibility index (Phi) is 8.07. The Morgan fingerprint density at radius 3 is 2.45 bits per heavy atom. The number of hydrogen-bond acceptors (Lipinski definition) is 4. The van der Waals surface area contributed by atoms with Gasteiger partial charge in [0.2, 0.25) is 15.9 Å². The fourth-order valence-corrected chi connectivity index (χ4v) is 4.94. The molecule has 0 aliphatic heterocycles. The molecule has 0 spiro atoms. The second-order valence-corrected chi connectivity index (χ2v) is 9.73. The largest absolute Gasteiger partial charge is 0.496 e. The summed E-state index contributed by atoms with van der Waals surface area (Å²) in [7, 11) is -2.48. The molecule has 0 heterocycles. The van der Waals surface area contributed by atoms with Gasteiger partial charge in [-0.05, 0) is 60.9 Å². The average molecular weight is 491 g/mol. The van der Waals surface area contributed by atoms with Gasteiger partial charge in [-0.1, -0.05) is 41.9 Å². The topological polar surface area (TPSA) is 75.7 Å². The molecule has 3 rings (SSSR count). The van der Waals surface area contributed by atoms with Crippen molar-refractivity contribution >= 4 is 33.2 Å². The van der Waals surface area contributed by atoms with Gasteiger partial charge >= 0.3 is 0 Å². The molecule has 0 unspecified atom stereocenters. The van der Waals surface area contributed by atoms with Crippen LogP contribution in [0.15, 0.2) is 71.6 Å². The van der Waals surface area contributed by atoms with Crippen LogP contribution in [0.4, 0.5) is 10.1 Å². The van der Waals surface area contributed by atoms with Gasteiger partial charge in [-0.15, -0.1) is 0 Å². The average Bonchev–Trinajstić information content (AvgIpc) is 2.79. The number of rotatable bonds is 9. The smallest absolute Gasteiger partial charge is 0.243 e. The molecule has 3 aromatic rings. The number of carbonyl (C=O) groups excluding carboxylic acids is 1. The molecule has 9 heteroatoms. The fraction of sp³-hybridized carbons (Fsp3) is 0.208. The molecule has 33 heavy (non-hydrogen) atoms. The number of nitrogens with one attached hydrogen (secondary N) is 1. The molecule has 174 valence electrons. The number of halogens is 2. The quantitative estimate of drug-likeness (QED) is 0.473. The lowest BCUT2D eigenvalue weighted by molar-refractivity contribution is -0.116. The van der Waals surface area contributed by atoms with Crippen LogP contribution in [0.2, 0.25) is 5.02 Å². The van der Waals surface area contributed by atoms with Gasteiger partial charge in [0, 0.05) is 12.2 Å². The highest BCUT2D eigenvalue weighted by Gasteiger charge is 2.27. The number of sulfonamides is 1. The lowest BCUT2D eigenvalue weighted by atomic mass is 10.1. The van der Waals surface area contributed by atoms with E-state index in [1.807, 2.05) is 30.3 Å². The lowest BCUT2D eigenvalue weighted by Crippen LogP contribution is -2.39. The van der Waals surface area contributed by atoms with E-state index in [4.69, 9.17) is 16.3 Å². The van der Waals surface area contributed by atoms with Crippen molar-refractivity contribution in [1.29, 1.82) is 0 Å². The lowest BCUT2D eigenvalue weighted by Gasteiger charge is -2.22. The number of amides is 1. The van der Waals surface area contributed by atoms with Gasteiger partial charge < -0.3 is 10.1 Å². The number of benzene rings is 3. The molecule has 1 N–H and O–H groups in total. The molecule has 1 amide bonds. The van der Waals surface area contributed by atoms with E-state index < -0.39 is 28.3 Å². The number of ether oxygens (including phenoxy) is 1. The second-order valence-electron chi connectivity index (χ2n) is 7.38. The summed E-state index contributed by atoms with van der Waals surface area (Å²) in [6.07, 6.45) is 0.421. The van der Waals surface area contributed by atoms with E-state index in [1.165, 1.54) is 31.4 Å². The minimum Gasteiger partial charge on any atom is -0.496 e. The predicted molar refractivity (Wildman–Crippen MR) is 127 cm³/mol. The van der Waals surface area contributed by atoms with Gasteiger partial charge in [0.25, 0.3) is 0 Å². The molecule has 0 aliphatic carbocycles. The third-order valence-corrected chi connectivity index (χ3v) is 7.15. The zero-order chi connectivity index (χ0) is 24.0. The molecule has 0 saturated carbocycles. The highest BCUT2D eigenvalue weighted by Crippen LogP contribution is 2.24. The number of nitrogens with zero attached hydrogens (tertiary/aromatic N) is 1.